The molecule has 2 unspecified atom stereocenters. The van der Waals surface area contributed by atoms with Gasteiger partial charge in [0.25, 0.3) is 27.8 Å². The van der Waals surface area contributed by atoms with Gasteiger partial charge < -0.3 is 74.4 Å². The van der Waals surface area contributed by atoms with Crippen molar-refractivity contribution in [1.82, 2.24) is 40.2 Å². The molecule has 9 N–H and O–H groups in total. The molecule has 3 aromatic carbocycles. The number of anilines is 2. The third-order valence-electron chi connectivity index (χ3n) is 20.2. The van der Waals surface area contributed by atoms with Gasteiger partial charge in [-0.25, -0.2) is 24.4 Å². The van der Waals surface area contributed by atoms with E-state index in [4.69, 9.17) is 38.5 Å². The first-order valence-corrected chi connectivity index (χ1v) is 36.7. The minimum Gasteiger partial charge on any atom is -0.491 e. The van der Waals surface area contributed by atoms with E-state index in [2.05, 4.69) is 34.8 Å². The van der Waals surface area contributed by atoms with Crippen LogP contribution in [0.4, 0.5) is 15.7 Å². The number of fused-ring (bicyclic) bond motifs is 2. The van der Waals surface area contributed by atoms with Gasteiger partial charge in [-0.05, 0) is 135 Å². The highest BCUT2D eigenvalue weighted by Crippen LogP contribution is 2.72. The van der Waals surface area contributed by atoms with Crippen molar-refractivity contribution in [2.75, 3.05) is 88.7 Å². The summed E-state index contributed by atoms with van der Waals surface area (Å²) in [5.74, 6) is -3.93. The smallest absolute Gasteiger partial charge is 0.409 e. The number of aromatic nitrogens is 4. The quantitative estimate of drug-likeness (QED) is 0.0149. The number of ether oxygens (including phenoxy) is 6. The summed E-state index contributed by atoms with van der Waals surface area (Å²) in [5, 5.41) is 66.3. The van der Waals surface area contributed by atoms with E-state index < -0.39 is 88.1 Å². The predicted molar refractivity (Wildman–Crippen MR) is 373 cm³/mol. The number of carbonyl (C=O) groups is 6. The highest BCUT2D eigenvalue weighted by molar-refractivity contribution is 7.85. The maximum Gasteiger partial charge on any atom is 0.409 e. The molecule has 8 atom stereocenters. The maximum absolute atomic E-state index is 13.8. The molecule has 6 heterocycles. The third kappa shape index (κ3) is 17.2. The van der Waals surface area contributed by atoms with E-state index in [1.165, 1.54) is 46.6 Å². The summed E-state index contributed by atoms with van der Waals surface area (Å²) in [4.78, 5) is 90.3. The number of imide groups is 1. The van der Waals surface area contributed by atoms with Crippen LogP contribution in [0.2, 0.25) is 0 Å². The summed E-state index contributed by atoms with van der Waals surface area (Å²) in [7, 11) is -2.77. The third-order valence-corrected chi connectivity index (χ3v) is 21.9. The van der Waals surface area contributed by atoms with Gasteiger partial charge in [0.05, 0.1) is 47.6 Å². The van der Waals surface area contributed by atoms with Crippen LogP contribution >= 0.6 is 11.3 Å². The Balaban J connectivity index is 0.653. The molecule has 4 bridgehead atoms. The zero-order chi connectivity index (χ0) is 73.2. The molecule has 3 aliphatic heterocycles. The molecule has 4 amide bonds. The number of aliphatic hydroxyl groups is 3. The highest BCUT2D eigenvalue weighted by Gasteiger charge is 2.66. The monoisotopic (exact) mass is 1460 g/mol. The summed E-state index contributed by atoms with van der Waals surface area (Å²) < 4.78 is 71.9. The number of hydrogen-bond acceptors (Lipinski definition) is 24. The van der Waals surface area contributed by atoms with Gasteiger partial charge in [-0.15, -0.1) is 0 Å². The SMILES string of the molecule is Cc1c(-c2ccc(N3CCc4cccc(C(=O)Nc5nc6ccccc6s5)c4C3)nc2C(=O)O)cnn1CC12CC3(C)CC(C)(C1)CC(OCCN(C)C(=O)OCc1ccc(O[C@@H]4O[C@H](C(=O)O)[C@@H](O)[C@H](O)[C@H]4O)cc1OCCOCCNC[C@H](CS(=O)(=O)O)NCCCN1C(=O)C=CC1=O)(C3)C2. The molecule has 32 heteroatoms. The second-order valence-corrected chi connectivity index (χ2v) is 31.1. The number of likely N-dealkylation sites (N-methyl/N-ethyl adjacent to an activating group) is 1. The van der Waals surface area contributed by atoms with Crippen molar-refractivity contribution in [3.8, 4) is 22.6 Å². The van der Waals surface area contributed by atoms with Crippen molar-refractivity contribution in [1.29, 1.82) is 0 Å². The number of thiazole rings is 1. The standard InChI is InChI=1S/C71H86N10O20S2/c1-42-49(47-15-16-54(76-57(47)63(88)89)79-23-19-43-9-7-10-48(50(43)32-79)62(87)77-66-75-51-11-5-6-12-53(51)102-66)31-74-81(42)41-70-36-68(2)35-69(3,37-70)39-71(38-68,40-70)99-26-24-78(4)67(92)98-33-44-13-14-46(100-65-60(86)58(84)59(85)61(101-65)64(90)91)29-52(44)97-28-27-96-25-21-72-30-45(34-103(93,94)95)73-20-8-22-80-55(82)17-18-56(80)83/h5-7,9-18,29,31,45,58-61,65,72-73,84-86H,8,19-28,30,32-41H2,1-4H3,(H,88,89)(H,90,91)(H,75,77,87)(H,93,94,95)/t45-,58+,59+,60-,61+,65-,68?,69?,70?,71?/m1/s1. The zero-order valence-electron chi connectivity index (χ0n) is 57.5. The molecule has 0 radical (unpaired) electrons. The van der Waals surface area contributed by atoms with Crippen molar-refractivity contribution in [2.45, 2.75) is 134 Å². The van der Waals surface area contributed by atoms with Gasteiger partial charge in [-0.2, -0.15) is 13.5 Å². The van der Waals surface area contributed by atoms with Crippen LogP contribution in [0.3, 0.4) is 0 Å². The fourth-order valence-electron chi connectivity index (χ4n) is 16.7. The second kappa shape index (κ2) is 30.6. The lowest BCUT2D eigenvalue weighted by Gasteiger charge is -2.69. The van der Waals surface area contributed by atoms with Crippen molar-refractivity contribution in [3.63, 3.8) is 0 Å². The molecule has 1 saturated heterocycles. The van der Waals surface area contributed by atoms with Crippen molar-refractivity contribution in [3.05, 3.63) is 125 Å². The van der Waals surface area contributed by atoms with Crippen LogP contribution in [0.1, 0.15) is 102 Å². The summed E-state index contributed by atoms with van der Waals surface area (Å²) in [6.45, 7) is 9.01. The van der Waals surface area contributed by atoms with Gasteiger partial charge in [0, 0.05) is 105 Å². The van der Waals surface area contributed by atoms with Crippen molar-refractivity contribution < 1.29 is 95.7 Å². The van der Waals surface area contributed by atoms with Gasteiger partial charge in [0.2, 0.25) is 6.29 Å². The number of nitrogens with zero attached hydrogens (tertiary/aromatic N) is 7. The highest BCUT2D eigenvalue weighted by atomic mass is 32.2. The van der Waals surface area contributed by atoms with Gasteiger partial charge in [0.1, 0.15) is 48.8 Å². The molecule has 4 aliphatic carbocycles. The van der Waals surface area contributed by atoms with Crippen molar-refractivity contribution in [2.24, 2.45) is 16.2 Å². The fraction of sp³-hybridized carbons (Fsp3) is 0.507. The Morgan fingerprint density at radius 1 is 0.854 bits per heavy atom. The average molecular weight is 1460 g/mol. The number of amides is 4. The Hall–Kier alpha value is -8.54. The van der Waals surface area contributed by atoms with Gasteiger partial charge in [-0.3, -0.25) is 33.8 Å². The predicted octanol–water partition coefficient (Wildman–Crippen LogP) is 5.20. The van der Waals surface area contributed by atoms with Crippen LogP contribution in [0.25, 0.3) is 21.3 Å². The molecule has 5 fully saturated rings. The lowest BCUT2D eigenvalue weighted by Crippen LogP contribution is -2.64. The molecule has 3 aromatic heterocycles. The van der Waals surface area contributed by atoms with E-state index in [1.54, 1.807) is 25.4 Å². The second-order valence-electron chi connectivity index (χ2n) is 28.6. The first-order chi connectivity index (χ1) is 49.1. The summed E-state index contributed by atoms with van der Waals surface area (Å²) in [6, 6.07) is 20.6. The number of aliphatic hydroxyl groups excluding tert-OH is 3. The molecular weight excluding hydrogens is 1380 g/mol. The molecule has 4 saturated carbocycles. The topological polar surface area (TPSA) is 403 Å². The normalized spacial score (nSPS) is 25.3. The van der Waals surface area contributed by atoms with Gasteiger partial charge in [-0.1, -0.05) is 49.4 Å². The number of carboxylic acid groups (broad SMARTS) is 2. The van der Waals surface area contributed by atoms with Crippen LogP contribution in [0, 0.1) is 23.2 Å². The largest absolute Gasteiger partial charge is 0.491 e. The summed E-state index contributed by atoms with van der Waals surface area (Å²) in [5.41, 5.74) is 4.53. The molecule has 0 spiro atoms. The minimum atomic E-state index is -4.37. The van der Waals surface area contributed by atoms with E-state index in [0.29, 0.717) is 65.7 Å². The van der Waals surface area contributed by atoms with E-state index in [-0.39, 0.29) is 105 Å². The number of benzene rings is 3. The van der Waals surface area contributed by atoms with Crippen LogP contribution in [0.5, 0.6) is 11.5 Å². The van der Waals surface area contributed by atoms with Crippen LogP contribution < -0.4 is 30.3 Å². The number of para-hydroxylation sites is 1. The minimum absolute atomic E-state index is 0.0139. The number of carbonyl (C=O) groups excluding carboxylic acids is 4. The molecule has 30 nitrogen and oxygen atoms in total. The van der Waals surface area contributed by atoms with Crippen molar-refractivity contribution >= 4 is 78.4 Å². The van der Waals surface area contributed by atoms with E-state index in [1.807, 2.05) is 59.0 Å². The molecule has 6 aromatic rings. The Bertz CT molecular complexity index is 4270. The molecule has 13 rings (SSSR count). The number of pyridine rings is 1. The first-order valence-electron chi connectivity index (χ1n) is 34.2. The van der Waals surface area contributed by atoms with Crippen LogP contribution in [-0.2, 0) is 69.6 Å². The Morgan fingerprint density at radius 3 is 2.36 bits per heavy atom. The number of aliphatic carboxylic acids is 1. The number of rotatable bonds is 32. The lowest BCUT2D eigenvalue weighted by molar-refractivity contribution is -0.271. The van der Waals surface area contributed by atoms with E-state index >= 15 is 0 Å². The first kappa shape index (κ1) is 74.2. The Morgan fingerprint density at radius 2 is 1.62 bits per heavy atom. The van der Waals surface area contributed by atoms with E-state index in [0.717, 1.165) is 70.5 Å². The molecule has 103 heavy (non-hydrogen) atoms. The Labute approximate surface area is 598 Å². The fourth-order valence-corrected chi connectivity index (χ4v) is 18.3. The maximum atomic E-state index is 13.8. The molecule has 7 aliphatic rings. The summed E-state index contributed by atoms with van der Waals surface area (Å²) >= 11 is 1.40. The van der Waals surface area contributed by atoms with E-state index in [9.17, 15) is 67.3 Å². The summed E-state index contributed by atoms with van der Waals surface area (Å²) in [6.07, 6.45) is 0.295. The van der Waals surface area contributed by atoms with Crippen LogP contribution in [-0.4, -0.2) is 225 Å². The zero-order valence-corrected chi connectivity index (χ0v) is 59.2. The number of hydrogen-bond donors (Lipinski definition) is 9. The number of carboxylic acids is 2. The molecule has 552 valence electrons. The van der Waals surface area contributed by atoms with Gasteiger partial charge >= 0.3 is 18.0 Å². The Kier molecular flexibility index (Phi) is 22.1. The van der Waals surface area contributed by atoms with Crippen LogP contribution in [0.15, 0.2) is 91.1 Å². The number of aromatic carboxylic acids is 1. The van der Waals surface area contributed by atoms with Gasteiger partial charge in [0.15, 0.2) is 16.9 Å². The lowest BCUT2D eigenvalue weighted by atomic mass is 9.39. The number of nitrogens with one attached hydrogen (secondary N) is 3. The molecular formula is C71H86N10O20S2. The average Bonchev–Trinajstić information content (AvgIpc) is 0.843.